The number of rotatable bonds is 6. The van der Waals surface area contributed by atoms with Crippen molar-refractivity contribution in [1.29, 1.82) is 0 Å². The zero-order valence-electron chi connectivity index (χ0n) is 19.0. The van der Waals surface area contributed by atoms with Crippen LogP contribution >= 0.6 is 0 Å². The lowest BCUT2D eigenvalue weighted by Gasteiger charge is -2.27. The number of aliphatic hydroxyl groups is 1. The normalized spacial score (nSPS) is 11.6. The van der Waals surface area contributed by atoms with Gasteiger partial charge in [0.25, 0.3) is 5.91 Å². The quantitative estimate of drug-likeness (QED) is 0.336. The molecule has 0 aliphatic heterocycles. The lowest BCUT2D eigenvalue weighted by atomic mass is 9.85. The fraction of sp³-hybridized carbons (Fsp3) is 0.143. The Morgan fingerprint density at radius 1 is 0.879 bits per heavy atom. The lowest BCUT2D eigenvalue weighted by Crippen LogP contribution is -2.43. The average molecular weight is 438 g/mol. The van der Waals surface area contributed by atoms with Crippen LogP contribution in [0.1, 0.15) is 33.6 Å². The van der Waals surface area contributed by atoms with Crippen molar-refractivity contribution in [2.45, 2.75) is 26.4 Å². The summed E-state index contributed by atoms with van der Waals surface area (Å²) in [5, 5.41) is 15.7. The third kappa shape index (κ3) is 4.36. The molecule has 0 aliphatic rings. The Hall–Kier alpha value is -3.96. The first-order valence-electron chi connectivity index (χ1n) is 10.8. The van der Waals surface area contributed by atoms with Crippen LogP contribution in [0.25, 0.3) is 5.69 Å². The number of benzene rings is 3. The molecule has 3 aromatic carbocycles. The van der Waals surface area contributed by atoms with E-state index in [2.05, 4.69) is 46.3 Å². The van der Waals surface area contributed by atoms with Crippen LogP contribution in [0, 0.1) is 20.8 Å². The van der Waals surface area contributed by atoms with Gasteiger partial charge in [-0.2, -0.15) is 5.10 Å². The molecule has 0 saturated carbocycles. The average Bonchev–Trinajstić information content (AvgIpc) is 3.13. The second kappa shape index (κ2) is 9.27. The van der Waals surface area contributed by atoms with Gasteiger partial charge in [-0.25, -0.2) is 5.43 Å². The SMILES string of the molecule is Cc1ccc(-n2c(C)cc(/C=N/NC(=O)C(O)(c3ccccc3)c3ccccc3)c2C)cc1. The van der Waals surface area contributed by atoms with Crippen LogP contribution in [0.2, 0.25) is 0 Å². The van der Waals surface area contributed by atoms with Crippen molar-refractivity contribution >= 4 is 12.1 Å². The third-order valence-corrected chi connectivity index (χ3v) is 5.84. The van der Waals surface area contributed by atoms with Gasteiger partial charge in [0, 0.05) is 22.6 Å². The number of carbonyl (C=O) groups is 1. The van der Waals surface area contributed by atoms with Gasteiger partial charge >= 0.3 is 0 Å². The predicted molar refractivity (Wildman–Crippen MR) is 132 cm³/mol. The molecule has 0 bridgehead atoms. The van der Waals surface area contributed by atoms with Crippen molar-refractivity contribution in [2.24, 2.45) is 5.10 Å². The topological polar surface area (TPSA) is 66.6 Å². The summed E-state index contributed by atoms with van der Waals surface area (Å²) in [4.78, 5) is 13.2. The molecule has 4 aromatic rings. The maximum atomic E-state index is 13.2. The van der Waals surface area contributed by atoms with Gasteiger partial charge in [0.15, 0.2) is 5.60 Å². The van der Waals surface area contributed by atoms with E-state index >= 15 is 0 Å². The van der Waals surface area contributed by atoms with E-state index in [0.717, 1.165) is 22.6 Å². The van der Waals surface area contributed by atoms with Crippen molar-refractivity contribution in [2.75, 3.05) is 0 Å². The molecule has 0 saturated heterocycles. The number of nitrogens with zero attached hydrogens (tertiary/aromatic N) is 2. The third-order valence-electron chi connectivity index (χ3n) is 5.84. The first-order chi connectivity index (χ1) is 15.9. The van der Waals surface area contributed by atoms with E-state index in [0.29, 0.717) is 11.1 Å². The van der Waals surface area contributed by atoms with Crippen LogP contribution in [0.4, 0.5) is 0 Å². The molecule has 33 heavy (non-hydrogen) atoms. The minimum absolute atomic E-state index is 0.474. The number of hydrazone groups is 1. The molecule has 0 unspecified atom stereocenters. The fourth-order valence-corrected chi connectivity index (χ4v) is 4.04. The molecule has 1 amide bonds. The lowest BCUT2D eigenvalue weighted by molar-refractivity contribution is -0.136. The van der Waals surface area contributed by atoms with E-state index in [1.807, 2.05) is 32.0 Å². The number of hydrogen-bond donors (Lipinski definition) is 2. The second-order valence-corrected chi connectivity index (χ2v) is 8.14. The number of aromatic nitrogens is 1. The summed E-state index contributed by atoms with van der Waals surface area (Å²) in [5.74, 6) is -0.622. The minimum atomic E-state index is -1.86. The highest BCUT2D eigenvalue weighted by Gasteiger charge is 2.39. The summed E-state index contributed by atoms with van der Waals surface area (Å²) in [6.07, 6.45) is 1.61. The van der Waals surface area contributed by atoms with Gasteiger partial charge in [0.05, 0.1) is 6.21 Å². The molecule has 0 aliphatic carbocycles. The Morgan fingerprint density at radius 2 is 1.42 bits per heavy atom. The molecule has 166 valence electrons. The van der Waals surface area contributed by atoms with Gasteiger partial charge in [-0.3, -0.25) is 4.79 Å². The van der Waals surface area contributed by atoms with E-state index in [1.165, 1.54) is 5.56 Å². The summed E-state index contributed by atoms with van der Waals surface area (Å²) in [5.41, 5.74) is 6.86. The summed E-state index contributed by atoms with van der Waals surface area (Å²) < 4.78 is 2.15. The van der Waals surface area contributed by atoms with Gasteiger partial charge in [0.2, 0.25) is 0 Å². The van der Waals surface area contributed by atoms with Crippen molar-refractivity contribution in [3.05, 3.63) is 125 Å². The number of aryl methyl sites for hydroxylation is 2. The molecule has 5 nitrogen and oxygen atoms in total. The van der Waals surface area contributed by atoms with Crippen molar-refractivity contribution in [1.82, 2.24) is 9.99 Å². The number of nitrogens with one attached hydrogen (secondary N) is 1. The molecule has 2 N–H and O–H groups in total. The molecular weight excluding hydrogens is 410 g/mol. The fourth-order valence-electron chi connectivity index (χ4n) is 4.04. The van der Waals surface area contributed by atoms with Crippen LogP contribution in [0.3, 0.4) is 0 Å². The molecule has 0 atom stereocenters. The van der Waals surface area contributed by atoms with Crippen molar-refractivity contribution in [3.8, 4) is 5.69 Å². The highest BCUT2D eigenvalue weighted by atomic mass is 16.3. The molecule has 0 fully saturated rings. The summed E-state index contributed by atoms with van der Waals surface area (Å²) in [6.45, 7) is 6.11. The van der Waals surface area contributed by atoms with E-state index in [-0.39, 0.29) is 0 Å². The summed E-state index contributed by atoms with van der Waals surface area (Å²) in [6, 6.07) is 28.1. The van der Waals surface area contributed by atoms with Gasteiger partial charge in [0.1, 0.15) is 0 Å². The first-order valence-corrected chi connectivity index (χ1v) is 10.8. The molecule has 1 aromatic heterocycles. The molecule has 4 rings (SSSR count). The van der Waals surface area contributed by atoms with E-state index in [9.17, 15) is 9.90 Å². The highest BCUT2D eigenvalue weighted by Crippen LogP contribution is 2.30. The highest BCUT2D eigenvalue weighted by molar-refractivity contribution is 5.91. The molecule has 0 spiro atoms. The summed E-state index contributed by atoms with van der Waals surface area (Å²) in [7, 11) is 0. The smallest absolute Gasteiger partial charge is 0.281 e. The summed E-state index contributed by atoms with van der Waals surface area (Å²) >= 11 is 0. The van der Waals surface area contributed by atoms with Crippen molar-refractivity contribution < 1.29 is 9.90 Å². The first kappa shape index (κ1) is 22.2. The second-order valence-electron chi connectivity index (χ2n) is 8.14. The van der Waals surface area contributed by atoms with E-state index < -0.39 is 11.5 Å². The number of amides is 1. The minimum Gasteiger partial charge on any atom is -0.372 e. The molecule has 5 heteroatoms. The standard InChI is InChI=1S/C28H27N3O2/c1-20-14-16-26(17-15-20)31-21(2)18-23(22(31)3)19-29-30-27(32)28(33,24-10-6-4-7-11-24)25-12-8-5-9-13-25/h4-19,33H,1-3H3,(H,30,32)/b29-19+. The van der Waals surface area contributed by atoms with E-state index in [1.54, 1.807) is 54.7 Å². The van der Waals surface area contributed by atoms with Crippen LogP contribution in [-0.2, 0) is 10.4 Å². The van der Waals surface area contributed by atoms with Crippen molar-refractivity contribution in [3.63, 3.8) is 0 Å². The van der Waals surface area contributed by atoms with Gasteiger partial charge in [-0.1, -0.05) is 78.4 Å². The monoisotopic (exact) mass is 437 g/mol. The molecule has 1 heterocycles. The molecule has 0 radical (unpaired) electrons. The van der Waals surface area contributed by atoms with Gasteiger partial charge < -0.3 is 9.67 Å². The van der Waals surface area contributed by atoms with Crippen LogP contribution < -0.4 is 5.43 Å². The van der Waals surface area contributed by atoms with Gasteiger partial charge in [-0.15, -0.1) is 0 Å². The van der Waals surface area contributed by atoms with Crippen LogP contribution in [0.5, 0.6) is 0 Å². The van der Waals surface area contributed by atoms with E-state index in [4.69, 9.17) is 0 Å². The Bertz CT molecular complexity index is 1230. The Labute approximate surface area is 194 Å². The Kier molecular flexibility index (Phi) is 6.24. The van der Waals surface area contributed by atoms with Crippen LogP contribution in [-0.4, -0.2) is 21.8 Å². The number of hydrogen-bond acceptors (Lipinski definition) is 3. The Morgan fingerprint density at radius 3 is 1.97 bits per heavy atom. The Balaban J connectivity index is 1.61. The van der Waals surface area contributed by atoms with Crippen LogP contribution in [0.15, 0.2) is 96.1 Å². The maximum Gasteiger partial charge on any atom is 0.281 e. The maximum absolute atomic E-state index is 13.2. The predicted octanol–water partition coefficient (Wildman–Crippen LogP) is 4.79. The number of carbonyl (C=O) groups excluding carboxylic acids is 1. The zero-order chi connectivity index (χ0) is 23.4. The largest absolute Gasteiger partial charge is 0.372 e. The van der Waals surface area contributed by atoms with Gasteiger partial charge in [-0.05, 0) is 50.1 Å². The zero-order valence-corrected chi connectivity index (χ0v) is 19.0. The molecular formula is C28H27N3O2.